The summed E-state index contributed by atoms with van der Waals surface area (Å²) in [5.41, 5.74) is 0.979. The number of anilines is 1. The molecule has 126 valence electrons. The number of ether oxygens (including phenoxy) is 1. The molecule has 1 atom stereocenters. The van der Waals surface area contributed by atoms with Crippen LogP contribution in [0.5, 0.6) is 0 Å². The fourth-order valence-electron chi connectivity index (χ4n) is 2.88. The van der Waals surface area contributed by atoms with Crippen LogP contribution in [0.3, 0.4) is 0 Å². The summed E-state index contributed by atoms with van der Waals surface area (Å²) in [6.07, 6.45) is 6.10. The molecule has 1 saturated heterocycles. The van der Waals surface area contributed by atoms with Crippen LogP contribution in [0, 0.1) is 0 Å². The second-order valence-corrected chi connectivity index (χ2v) is 6.61. The van der Waals surface area contributed by atoms with Crippen molar-refractivity contribution in [3.8, 4) is 0 Å². The molecule has 0 aromatic carbocycles. The summed E-state index contributed by atoms with van der Waals surface area (Å²) in [5.74, 6) is 0.858. The third kappa shape index (κ3) is 3.94. The van der Waals surface area contributed by atoms with E-state index in [9.17, 15) is 0 Å². The molecule has 2 aromatic rings. The molecular formula is C16H24ClN5O. The lowest BCUT2D eigenvalue weighted by Crippen LogP contribution is -2.19. The number of hydrogen-bond donors (Lipinski definition) is 1. The van der Waals surface area contributed by atoms with Crippen molar-refractivity contribution in [3.63, 3.8) is 0 Å². The van der Waals surface area contributed by atoms with Crippen molar-refractivity contribution in [1.82, 2.24) is 19.7 Å². The predicted octanol–water partition coefficient (Wildman–Crippen LogP) is 3.15. The van der Waals surface area contributed by atoms with Crippen LogP contribution < -0.4 is 5.32 Å². The van der Waals surface area contributed by atoms with Crippen LogP contribution in [-0.4, -0.2) is 53.5 Å². The third-order valence-corrected chi connectivity index (χ3v) is 4.27. The SMILES string of the molecule is CN(C)CCCNc1nn(C2CCCCO2)c2cc(Cl)ncc12. The summed E-state index contributed by atoms with van der Waals surface area (Å²) in [4.78, 5) is 6.38. The smallest absolute Gasteiger partial charge is 0.157 e. The standard InChI is InChI=1S/C16H24ClN5O/c1-21(2)8-5-7-18-16-12-11-19-14(17)10-13(12)22(20-16)15-6-3-4-9-23-15/h10-11,15H,3-9H2,1-2H3,(H,18,20). The lowest BCUT2D eigenvalue weighted by Gasteiger charge is -2.23. The zero-order valence-electron chi connectivity index (χ0n) is 13.8. The van der Waals surface area contributed by atoms with Crippen molar-refractivity contribution in [2.24, 2.45) is 0 Å². The fourth-order valence-corrected chi connectivity index (χ4v) is 3.03. The first-order valence-corrected chi connectivity index (χ1v) is 8.57. The molecule has 1 aliphatic heterocycles. The summed E-state index contributed by atoms with van der Waals surface area (Å²) >= 11 is 6.08. The van der Waals surface area contributed by atoms with Gasteiger partial charge < -0.3 is 15.0 Å². The van der Waals surface area contributed by atoms with Gasteiger partial charge in [-0.2, -0.15) is 5.10 Å². The van der Waals surface area contributed by atoms with Gasteiger partial charge in [-0.05, 0) is 46.3 Å². The van der Waals surface area contributed by atoms with Gasteiger partial charge in [0.2, 0.25) is 0 Å². The maximum Gasteiger partial charge on any atom is 0.157 e. The van der Waals surface area contributed by atoms with E-state index in [0.717, 1.165) is 62.1 Å². The molecule has 6 nitrogen and oxygen atoms in total. The van der Waals surface area contributed by atoms with E-state index in [0.29, 0.717) is 5.15 Å². The van der Waals surface area contributed by atoms with E-state index in [1.807, 2.05) is 10.7 Å². The Labute approximate surface area is 141 Å². The number of nitrogens with one attached hydrogen (secondary N) is 1. The lowest BCUT2D eigenvalue weighted by atomic mass is 10.2. The van der Waals surface area contributed by atoms with E-state index in [-0.39, 0.29) is 6.23 Å². The minimum atomic E-state index is -0.0120. The van der Waals surface area contributed by atoms with Gasteiger partial charge in [-0.1, -0.05) is 11.6 Å². The fraction of sp³-hybridized carbons (Fsp3) is 0.625. The Morgan fingerprint density at radius 3 is 3.04 bits per heavy atom. The van der Waals surface area contributed by atoms with E-state index in [1.165, 1.54) is 0 Å². The highest BCUT2D eigenvalue weighted by molar-refractivity contribution is 6.30. The first kappa shape index (κ1) is 16.5. The highest BCUT2D eigenvalue weighted by atomic mass is 35.5. The summed E-state index contributed by atoms with van der Waals surface area (Å²) in [6.45, 7) is 2.70. The molecule has 3 heterocycles. The molecule has 1 N–H and O–H groups in total. The maximum absolute atomic E-state index is 6.08. The van der Waals surface area contributed by atoms with Crippen molar-refractivity contribution in [3.05, 3.63) is 17.4 Å². The Morgan fingerprint density at radius 1 is 1.43 bits per heavy atom. The molecule has 0 aliphatic carbocycles. The van der Waals surface area contributed by atoms with Gasteiger partial charge in [0.25, 0.3) is 0 Å². The Morgan fingerprint density at radius 2 is 2.30 bits per heavy atom. The molecule has 0 spiro atoms. The summed E-state index contributed by atoms with van der Waals surface area (Å²) < 4.78 is 7.84. The molecular weight excluding hydrogens is 314 g/mol. The molecule has 23 heavy (non-hydrogen) atoms. The second kappa shape index (κ2) is 7.47. The first-order chi connectivity index (χ1) is 11.1. The van der Waals surface area contributed by atoms with Gasteiger partial charge >= 0.3 is 0 Å². The topological polar surface area (TPSA) is 55.2 Å². The number of rotatable bonds is 6. The van der Waals surface area contributed by atoms with Crippen molar-refractivity contribution in [2.45, 2.75) is 31.9 Å². The van der Waals surface area contributed by atoms with E-state index >= 15 is 0 Å². The largest absolute Gasteiger partial charge is 0.368 e. The van der Waals surface area contributed by atoms with Gasteiger partial charge in [-0.15, -0.1) is 0 Å². The van der Waals surface area contributed by atoms with Gasteiger partial charge in [-0.3, -0.25) is 0 Å². The van der Waals surface area contributed by atoms with E-state index in [1.54, 1.807) is 6.20 Å². The van der Waals surface area contributed by atoms with Crippen LogP contribution >= 0.6 is 11.6 Å². The molecule has 1 unspecified atom stereocenters. The molecule has 1 fully saturated rings. The predicted molar refractivity (Wildman–Crippen MR) is 93.0 cm³/mol. The van der Waals surface area contributed by atoms with Crippen LogP contribution in [0.2, 0.25) is 5.15 Å². The molecule has 0 saturated carbocycles. The highest BCUT2D eigenvalue weighted by Gasteiger charge is 2.21. The normalized spacial score (nSPS) is 18.7. The lowest BCUT2D eigenvalue weighted by molar-refractivity contribution is -0.0365. The van der Waals surface area contributed by atoms with Crippen molar-refractivity contribution < 1.29 is 4.74 Å². The van der Waals surface area contributed by atoms with Crippen molar-refractivity contribution in [2.75, 3.05) is 39.1 Å². The summed E-state index contributed by atoms with van der Waals surface area (Å²) in [6, 6.07) is 1.87. The zero-order valence-corrected chi connectivity index (χ0v) is 14.5. The van der Waals surface area contributed by atoms with Crippen LogP contribution in [-0.2, 0) is 4.74 Å². The first-order valence-electron chi connectivity index (χ1n) is 8.19. The van der Waals surface area contributed by atoms with Gasteiger partial charge in [0.15, 0.2) is 12.0 Å². The molecule has 1 aliphatic rings. The molecule has 0 radical (unpaired) electrons. The molecule has 0 amide bonds. The van der Waals surface area contributed by atoms with Crippen LogP contribution in [0.4, 0.5) is 5.82 Å². The van der Waals surface area contributed by atoms with Crippen LogP contribution in [0.25, 0.3) is 10.9 Å². The summed E-state index contributed by atoms with van der Waals surface area (Å²) in [5, 5.41) is 9.64. The third-order valence-electron chi connectivity index (χ3n) is 4.06. The number of pyridine rings is 1. The number of hydrogen-bond acceptors (Lipinski definition) is 5. The Hall–Kier alpha value is -1.37. The number of halogens is 1. The quantitative estimate of drug-likeness (QED) is 0.648. The molecule has 2 aromatic heterocycles. The zero-order chi connectivity index (χ0) is 16.2. The van der Waals surface area contributed by atoms with Crippen molar-refractivity contribution >= 4 is 28.3 Å². The Bertz CT molecular complexity index is 651. The number of aromatic nitrogens is 3. The van der Waals surface area contributed by atoms with E-state index < -0.39 is 0 Å². The van der Waals surface area contributed by atoms with Gasteiger partial charge in [0.1, 0.15) is 5.15 Å². The van der Waals surface area contributed by atoms with E-state index in [2.05, 4.69) is 29.3 Å². The van der Waals surface area contributed by atoms with E-state index in [4.69, 9.17) is 21.4 Å². The Balaban J connectivity index is 1.83. The van der Waals surface area contributed by atoms with Crippen molar-refractivity contribution in [1.29, 1.82) is 0 Å². The monoisotopic (exact) mass is 337 g/mol. The minimum Gasteiger partial charge on any atom is -0.368 e. The van der Waals surface area contributed by atoms with Crippen LogP contribution in [0.15, 0.2) is 12.3 Å². The van der Waals surface area contributed by atoms with Gasteiger partial charge in [0.05, 0.1) is 10.9 Å². The maximum atomic E-state index is 6.08. The van der Waals surface area contributed by atoms with Gasteiger partial charge in [-0.25, -0.2) is 9.67 Å². The Kier molecular flexibility index (Phi) is 5.35. The summed E-state index contributed by atoms with van der Waals surface area (Å²) in [7, 11) is 4.16. The number of nitrogens with zero attached hydrogens (tertiary/aromatic N) is 4. The second-order valence-electron chi connectivity index (χ2n) is 6.22. The molecule has 3 rings (SSSR count). The molecule has 7 heteroatoms. The average molecular weight is 338 g/mol. The minimum absolute atomic E-state index is 0.0120. The average Bonchev–Trinajstić information content (AvgIpc) is 2.90. The molecule has 0 bridgehead atoms. The highest BCUT2D eigenvalue weighted by Crippen LogP contribution is 2.30. The van der Waals surface area contributed by atoms with Crippen LogP contribution in [0.1, 0.15) is 31.9 Å². The van der Waals surface area contributed by atoms with Gasteiger partial charge in [0, 0.05) is 25.4 Å². The number of fused-ring (bicyclic) bond motifs is 1.